The third-order valence-electron chi connectivity index (χ3n) is 1.35. The van der Waals surface area contributed by atoms with Crippen molar-refractivity contribution in [3.63, 3.8) is 0 Å². The molecule has 0 aromatic rings. The highest BCUT2D eigenvalue weighted by atomic mass is 35.5. The van der Waals surface area contributed by atoms with E-state index in [1.54, 1.807) is 0 Å². The van der Waals surface area contributed by atoms with Crippen molar-refractivity contribution in [3.05, 3.63) is 0 Å². The summed E-state index contributed by atoms with van der Waals surface area (Å²) in [5.74, 6) is -19.5. The molecule has 94 valence electrons. The van der Waals surface area contributed by atoms with E-state index in [0.29, 0.717) is 5.38 Å². The fourth-order valence-electron chi connectivity index (χ4n) is 0.513. The molecule has 0 aromatic heterocycles. The smallest absolute Gasteiger partial charge is 0.191 e. The maximum Gasteiger partial charge on any atom is 0.460 e. The van der Waals surface area contributed by atoms with Crippen molar-refractivity contribution in [1.82, 2.24) is 0 Å². The van der Waals surface area contributed by atoms with Crippen LogP contribution in [0.2, 0.25) is 0 Å². The highest BCUT2D eigenvalue weighted by Crippen LogP contribution is 2.52. The molecule has 0 unspecified atom stereocenters. The predicted molar refractivity (Wildman–Crippen MR) is 34.5 cm³/mol. The van der Waals surface area contributed by atoms with Crippen LogP contribution in [0.1, 0.15) is 0 Å². The van der Waals surface area contributed by atoms with Gasteiger partial charge in [-0.05, 0) is 17.5 Å². The molecule has 16 heavy (non-hydrogen) atoms. The van der Waals surface area contributed by atoms with Gasteiger partial charge in [-0.2, -0.15) is 39.5 Å². The highest BCUT2D eigenvalue weighted by molar-refractivity contribution is 6.30. The average Bonchev–Trinajstić information content (AvgIpc) is 2.01. The maximum atomic E-state index is 12.3. The van der Waals surface area contributed by atoms with Crippen LogP contribution >= 0.6 is 11.6 Å². The Kier molecular flexibility index (Phi) is 3.72. The van der Waals surface area contributed by atoms with E-state index < -0.39 is 23.9 Å². The molecule has 0 aliphatic carbocycles. The Morgan fingerprint density at radius 2 is 1.06 bits per heavy atom. The molecule has 0 bridgehead atoms. The van der Waals surface area contributed by atoms with Crippen molar-refractivity contribution in [2.75, 3.05) is 0 Å². The van der Waals surface area contributed by atoms with E-state index in [4.69, 9.17) is 0 Å². The van der Waals surface area contributed by atoms with Gasteiger partial charge in [-0.1, -0.05) is 0 Å². The zero-order chi connectivity index (χ0) is 13.4. The summed E-state index contributed by atoms with van der Waals surface area (Å²) in [6.45, 7) is 0. The lowest BCUT2D eigenvalue weighted by Crippen LogP contribution is -2.60. The topological polar surface area (TPSA) is 0 Å². The SMILES string of the molecule is FC(F)(F)C(F)(F)C(F)(F)C(F)(F)C#CCl. The first-order valence-corrected chi connectivity index (χ1v) is 3.52. The zero-order valence-electron chi connectivity index (χ0n) is 6.78. The van der Waals surface area contributed by atoms with E-state index in [1.807, 2.05) is 0 Å². The van der Waals surface area contributed by atoms with Gasteiger partial charge in [0.05, 0.1) is 0 Å². The van der Waals surface area contributed by atoms with Crippen LogP contribution in [-0.2, 0) is 0 Å². The van der Waals surface area contributed by atoms with E-state index in [1.165, 1.54) is 0 Å². The maximum absolute atomic E-state index is 12.3. The van der Waals surface area contributed by atoms with Crippen molar-refractivity contribution in [3.8, 4) is 11.3 Å². The molecule has 0 N–H and O–H groups in total. The fraction of sp³-hybridized carbons (Fsp3) is 0.667. The second-order valence-electron chi connectivity index (χ2n) is 2.44. The number of halogens is 10. The van der Waals surface area contributed by atoms with Gasteiger partial charge in [0.25, 0.3) is 0 Å². The molecule has 0 spiro atoms. The lowest BCUT2D eigenvalue weighted by molar-refractivity contribution is -0.386. The lowest BCUT2D eigenvalue weighted by Gasteiger charge is -2.30. The number of hydrogen-bond donors (Lipinski definition) is 0. The van der Waals surface area contributed by atoms with Crippen LogP contribution in [-0.4, -0.2) is 23.9 Å². The molecule has 0 nitrogen and oxygen atoms in total. The zero-order valence-corrected chi connectivity index (χ0v) is 7.54. The second kappa shape index (κ2) is 3.91. The van der Waals surface area contributed by atoms with Crippen molar-refractivity contribution in [2.45, 2.75) is 23.9 Å². The molecule has 0 amide bonds. The molecule has 0 aliphatic rings. The Morgan fingerprint density at radius 3 is 1.31 bits per heavy atom. The van der Waals surface area contributed by atoms with Crippen molar-refractivity contribution in [1.29, 1.82) is 0 Å². The summed E-state index contributed by atoms with van der Waals surface area (Å²) in [7, 11) is 0. The molecular weight excluding hydrogens is 279 g/mol. The third kappa shape index (κ3) is 2.16. The second-order valence-corrected chi connectivity index (χ2v) is 2.63. The minimum absolute atomic E-state index is 0.0924. The minimum atomic E-state index is -6.93. The van der Waals surface area contributed by atoms with Gasteiger partial charge >= 0.3 is 23.9 Å². The Labute approximate surface area is 87.4 Å². The summed E-state index contributed by atoms with van der Waals surface area (Å²) >= 11 is 4.26. The summed E-state index contributed by atoms with van der Waals surface area (Å²) in [5.41, 5.74) is 0. The van der Waals surface area contributed by atoms with E-state index in [2.05, 4.69) is 11.6 Å². The Bertz CT molecular complexity index is 317. The lowest BCUT2D eigenvalue weighted by atomic mass is 10.1. The minimum Gasteiger partial charge on any atom is -0.191 e. The Balaban J connectivity index is 5.58. The normalized spacial score (nSPS) is 14.4. The quantitative estimate of drug-likeness (QED) is 0.534. The first-order chi connectivity index (χ1) is 6.81. The first kappa shape index (κ1) is 15.2. The van der Waals surface area contributed by atoms with Gasteiger partial charge in [0, 0.05) is 5.38 Å². The summed E-state index contributed by atoms with van der Waals surface area (Å²) in [6.07, 6.45) is -6.84. The average molecular weight is 279 g/mol. The number of rotatable bonds is 2. The molecule has 0 rings (SSSR count). The Morgan fingerprint density at radius 1 is 0.688 bits per heavy atom. The van der Waals surface area contributed by atoms with E-state index in [-0.39, 0.29) is 5.92 Å². The molecule has 0 fully saturated rings. The highest BCUT2D eigenvalue weighted by Gasteiger charge is 2.81. The monoisotopic (exact) mass is 278 g/mol. The van der Waals surface area contributed by atoms with Gasteiger partial charge in [-0.25, -0.2) is 0 Å². The fourth-order valence-corrected chi connectivity index (χ4v) is 0.632. The molecule has 0 saturated carbocycles. The predicted octanol–water partition coefficient (Wildman–Crippen LogP) is 3.65. The van der Waals surface area contributed by atoms with Gasteiger partial charge in [-0.15, -0.1) is 0 Å². The molecule has 0 aromatic carbocycles. The third-order valence-corrected chi connectivity index (χ3v) is 1.44. The summed E-state index contributed by atoms with van der Waals surface area (Å²) < 4.78 is 108. The molecule has 0 aliphatic heterocycles. The van der Waals surface area contributed by atoms with Crippen molar-refractivity contribution >= 4 is 11.6 Å². The van der Waals surface area contributed by atoms with E-state index >= 15 is 0 Å². The van der Waals surface area contributed by atoms with Gasteiger partial charge in [0.15, 0.2) is 0 Å². The van der Waals surface area contributed by atoms with Crippen LogP contribution in [0.25, 0.3) is 0 Å². The van der Waals surface area contributed by atoms with Crippen LogP contribution in [0.15, 0.2) is 0 Å². The first-order valence-electron chi connectivity index (χ1n) is 3.14. The summed E-state index contributed by atoms with van der Waals surface area (Å²) in [5, 5.41) is 0.629. The van der Waals surface area contributed by atoms with Crippen LogP contribution in [0.5, 0.6) is 0 Å². The van der Waals surface area contributed by atoms with Crippen LogP contribution < -0.4 is 0 Å². The van der Waals surface area contributed by atoms with Crippen LogP contribution in [0, 0.1) is 11.3 Å². The van der Waals surface area contributed by atoms with Gasteiger partial charge in [-0.3, -0.25) is 0 Å². The largest absolute Gasteiger partial charge is 0.460 e. The van der Waals surface area contributed by atoms with Gasteiger partial charge in [0.1, 0.15) is 0 Å². The van der Waals surface area contributed by atoms with Gasteiger partial charge < -0.3 is 0 Å². The molecule has 0 heterocycles. The van der Waals surface area contributed by atoms with Crippen molar-refractivity contribution in [2.24, 2.45) is 0 Å². The molecule has 0 saturated heterocycles. The number of alkyl halides is 9. The van der Waals surface area contributed by atoms with E-state index in [0.717, 1.165) is 0 Å². The van der Waals surface area contributed by atoms with Crippen LogP contribution in [0.3, 0.4) is 0 Å². The molecule has 10 heteroatoms. The summed E-state index contributed by atoms with van der Waals surface area (Å²) in [4.78, 5) is 0. The van der Waals surface area contributed by atoms with Crippen molar-refractivity contribution < 1.29 is 39.5 Å². The van der Waals surface area contributed by atoms with E-state index in [9.17, 15) is 39.5 Å². The summed E-state index contributed by atoms with van der Waals surface area (Å²) in [6, 6.07) is 0. The molecule has 0 atom stereocenters. The number of hydrogen-bond acceptors (Lipinski definition) is 0. The van der Waals surface area contributed by atoms with Gasteiger partial charge in [0.2, 0.25) is 0 Å². The van der Waals surface area contributed by atoms with Crippen LogP contribution in [0.4, 0.5) is 39.5 Å². The standard InChI is InChI=1S/C6ClF9/c7-2-1-3(8,9)4(10,11)5(12,13)6(14,15)16. The molecular formula is C6ClF9. The molecule has 0 radical (unpaired) electrons. The Hall–Kier alpha value is -0.780.